The number of nitrogens with two attached hydrogens (primary N) is 1. The lowest BCUT2D eigenvalue weighted by Gasteiger charge is -2.33. The van der Waals surface area contributed by atoms with Crippen molar-refractivity contribution in [2.75, 3.05) is 0 Å². The van der Waals surface area contributed by atoms with Gasteiger partial charge in [-0.2, -0.15) is 5.48 Å². The van der Waals surface area contributed by atoms with Crippen LogP contribution < -0.4 is 11.2 Å². The molecule has 0 spiro atoms. The van der Waals surface area contributed by atoms with Crippen molar-refractivity contribution >= 4 is 0 Å². The van der Waals surface area contributed by atoms with Gasteiger partial charge in [-0.05, 0) is 6.42 Å². The predicted molar refractivity (Wildman–Crippen MR) is 31.5 cm³/mol. The molecule has 1 atom stereocenters. The van der Waals surface area contributed by atoms with Crippen molar-refractivity contribution < 1.29 is 20.5 Å². The maximum absolute atomic E-state index is 8.98. The molecule has 7 N–H and O–H groups in total. The minimum Gasteiger partial charge on any atom is -0.368 e. The first-order valence-corrected chi connectivity index (χ1v) is 2.74. The molecule has 6 nitrogen and oxygen atoms in total. The van der Waals surface area contributed by atoms with Crippen LogP contribution in [0.4, 0.5) is 0 Å². The van der Waals surface area contributed by atoms with Gasteiger partial charge in [-0.15, -0.1) is 0 Å². The van der Waals surface area contributed by atoms with Crippen LogP contribution in [0.2, 0.25) is 0 Å². The quantitative estimate of drug-likeness (QED) is 0.199. The van der Waals surface area contributed by atoms with Crippen LogP contribution in [0.1, 0.15) is 13.3 Å². The van der Waals surface area contributed by atoms with E-state index in [0.717, 1.165) is 0 Å². The zero-order chi connectivity index (χ0) is 8.41. The first-order chi connectivity index (χ1) is 4.37. The molecule has 0 rings (SSSR count). The Balaban J connectivity index is 4.33. The Morgan fingerprint density at radius 3 is 1.80 bits per heavy atom. The summed E-state index contributed by atoms with van der Waals surface area (Å²) in [5.74, 6) is -2.85. The molecule has 0 aliphatic rings. The predicted octanol–water partition coefficient (Wildman–Crippen LogP) is -2.34. The monoisotopic (exact) mass is 152 g/mol. The number of hydrogen-bond donors (Lipinski definition) is 6. The van der Waals surface area contributed by atoms with Crippen LogP contribution in [0.15, 0.2) is 0 Å². The van der Waals surface area contributed by atoms with Crippen molar-refractivity contribution in [2.45, 2.75) is 25.0 Å². The molecule has 0 aliphatic carbocycles. The Morgan fingerprint density at radius 1 is 1.40 bits per heavy atom. The summed E-state index contributed by atoms with van der Waals surface area (Å²) in [5.41, 5.74) is 3.69. The zero-order valence-corrected chi connectivity index (χ0v) is 5.57. The summed E-state index contributed by atoms with van der Waals surface area (Å²) >= 11 is 0. The molecule has 0 aromatic heterocycles. The van der Waals surface area contributed by atoms with Gasteiger partial charge in [0.1, 0.15) is 0 Å². The Labute approximate surface area is 57.9 Å². The second kappa shape index (κ2) is 2.79. The highest BCUT2D eigenvalue weighted by molar-refractivity contribution is 4.80. The van der Waals surface area contributed by atoms with Gasteiger partial charge in [0.2, 0.25) is 5.72 Å². The van der Waals surface area contributed by atoms with E-state index in [-0.39, 0.29) is 6.42 Å². The van der Waals surface area contributed by atoms with E-state index in [0.29, 0.717) is 0 Å². The largest absolute Gasteiger partial charge is 0.368 e. The third-order valence-electron chi connectivity index (χ3n) is 1.31. The highest BCUT2D eigenvalue weighted by atomic mass is 16.6. The molecule has 0 amide bonds. The van der Waals surface area contributed by atoms with Crippen molar-refractivity contribution in [2.24, 2.45) is 5.73 Å². The van der Waals surface area contributed by atoms with E-state index < -0.39 is 11.6 Å². The molecule has 0 aliphatic heterocycles. The highest BCUT2D eigenvalue weighted by Gasteiger charge is 2.44. The third-order valence-corrected chi connectivity index (χ3v) is 1.31. The number of hydrogen-bond acceptors (Lipinski definition) is 6. The van der Waals surface area contributed by atoms with E-state index in [2.05, 4.69) is 5.73 Å². The third kappa shape index (κ3) is 1.63. The molecular weight excluding hydrogens is 140 g/mol. The first kappa shape index (κ1) is 9.76. The zero-order valence-electron chi connectivity index (χ0n) is 5.57. The molecule has 0 saturated carbocycles. The van der Waals surface area contributed by atoms with Crippen LogP contribution in [0, 0.1) is 0 Å². The van der Waals surface area contributed by atoms with Crippen LogP contribution in [0.5, 0.6) is 0 Å². The fraction of sp³-hybridized carbons (Fsp3) is 1.00. The molecular formula is C4H12N2O4. The molecule has 1 unspecified atom stereocenters. The van der Waals surface area contributed by atoms with Crippen LogP contribution >= 0.6 is 0 Å². The second-order valence-electron chi connectivity index (χ2n) is 2.05. The lowest BCUT2D eigenvalue weighted by Crippen LogP contribution is -2.67. The normalized spacial score (nSPS) is 18.6. The molecule has 0 fully saturated rings. The molecule has 0 heterocycles. The van der Waals surface area contributed by atoms with Crippen molar-refractivity contribution in [3.63, 3.8) is 0 Å². The van der Waals surface area contributed by atoms with Gasteiger partial charge in [0.15, 0.2) is 0 Å². The summed E-state index contributed by atoms with van der Waals surface area (Å²) in [5, 5.41) is 34.4. The lowest BCUT2D eigenvalue weighted by atomic mass is 10.1. The van der Waals surface area contributed by atoms with Crippen LogP contribution in [-0.2, 0) is 0 Å². The van der Waals surface area contributed by atoms with Gasteiger partial charge >= 0.3 is 0 Å². The van der Waals surface area contributed by atoms with Crippen LogP contribution in [0.25, 0.3) is 0 Å². The van der Waals surface area contributed by atoms with Gasteiger partial charge in [0.05, 0.1) is 0 Å². The molecule has 0 bridgehead atoms. The van der Waals surface area contributed by atoms with Gasteiger partial charge in [-0.3, -0.25) is 5.73 Å². The maximum Gasteiger partial charge on any atom is 0.266 e. The molecule has 0 radical (unpaired) electrons. The summed E-state index contributed by atoms with van der Waals surface area (Å²) in [6.07, 6.45) is -0.146. The second-order valence-corrected chi connectivity index (χ2v) is 2.05. The standard InChI is InChI=1S/C4H12N2O4/c1-2-3(7,6-10)4(5,8)9/h6-10H,2,5H2,1H3. The van der Waals surface area contributed by atoms with Crippen LogP contribution in [0.3, 0.4) is 0 Å². The molecule has 0 aromatic carbocycles. The van der Waals surface area contributed by atoms with E-state index in [1.165, 1.54) is 12.4 Å². The summed E-state index contributed by atoms with van der Waals surface area (Å²) in [6.45, 7) is 1.41. The number of aliphatic hydroxyl groups is 3. The number of rotatable bonds is 3. The first-order valence-electron chi connectivity index (χ1n) is 2.74. The van der Waals surface area contributed by atoms with Gasteiger partial charge in [0.25, 0.3) is 5.91 Å². The minimum absolute atomic E-state index is 0.146. The van der Waals surface area contributed by atoms with E-state index >= 15 is 0 Å². The fourth-order valence-corrected chi connectivity index (χ4v) is 0.422. The summed E-state index contributed by atoms with van der Waals surface area (Å²) in [4.78, 5) is 0. The highest BCUT2D eigenvalue weighted by Crippen LogP contribution is 2.14. The van der Waals surface area contributed by atoms with Crippen molar-refractivity contribution in [1.29, 1.82) is 0 Å². The van der Waals surface area contributed by atoms with Gasteiger partial charge in [-0.1, -0.05) is 6.92 Å². The summed E-state index contributed by atoms with van der Waals surface area (Å²) in [7, 11) is 0. The molecule has 62 valence electrons. The Morgan fingerprint density at radius 2 is 1.80 bits per heavy atom. The van der Waals surface area contributed by atoms with Gasteiger partial charge < -0.3 is 20.5 Å². The maximum atomic E-state index is 8.98. The molecule has 0 saturated heterocycles. The number of nitrogens with one attached hydrogen (secondary N) is 1. The van der Waals surface area contributed by atoms with Gasteiger partial charge in [-0.25, -0.2) is 0 Å². The summed E-state index contributed by atoms with van der Waals surface area (Å²) in [6, 6.07) is 0. The average molecular weight is 152 g/mol. The molecule has 10 heavy (non-hydrogen) atoms. The van der Waals surface area contributed by atoms with Crippen LogP contribution in [-0.4, -0.2) is 32.2 Å². The molecule has 0 aromatic rings. The lowest BCUT2D eigenvalue weighted by molar-refractivity contribution is -0.309. The SMILES string of the molecule is CCC(O)(NO)C(N)(O)O. The summed E-state index contributed by atoms with van der Waals surface area (Å²) < 4.78 is 0. The van der Waals surface area contributed by atoms with Crippen molar-refractivity contribution in [3.8, 4) is 0 Å². The Bertz CT molecular complexity index is 106. The van der Waals surface area contributed by atoms with E-state index in [4.69, 9.17) is 20.5 Å². The van der Waals surface area contributed by atoms with Crippen molar-refractivity contribution in [1.82, 2.24) is 5.48 Å². The minimum atomic E-state index is -2.85. The smallest absolute Gasteiger partial charge is 0.266 e. The van der Waals surface area contributed by atoms with E-state index in [9.17, 15) is 0 Å². The van der Waals surface area contributed by atoms with E-state index in [1.807, 2.05) is 0 Å². The topological polar surface area (TPSA) is 119 Å². The fourth-order valence-electron chi connectivity index (χ4n) is 0.422. The van der Waals surface area contributed by atoms with Gasteiger partial charge in [0, 0.05) is 0 Å². The van der Waals surface area contributed by atoms with E-state index in [1.54, 1.807) is 0 Å². The average Bonchev–Trinajstić information content (AvgIpc) is 1.84. The molecule has 6 heteroatoms. The Hall–Kier alpha value is -0.240. The Kier molecular flexibility index (Phi) is 2.72. The number of hydroxylamine groups is 1. The van der Waals surface area contributed by atoms with Crippen molar-refractivity contribution in [3.05, 3.63) is 0 Å².